The second-order valence-electron chi connectivity index (χ2n) is 3.49. The van der Waals surface area contributed by atoms with E-state index in [0.29, 0.717) is 17.7 Å². The van der Waals surface area contributed by atoms with Crippen LogP contribution in [-0.4, -0.2) is 25.4 Å². The normalized spacial score (nSPS) is 23.4. The molecule has 4 heteroatoms. The maximum Gasteiger partial charge on any atom is 0.181 e. The molecule has 14 heavy (non-hydrogen) atoms. The van der Waals surface area contributed by atoms with Crippen molar-refractivity contribution < 1.29 is 13.5 Å². The summed E-state index contributed by atoms with van der Waals surface area (Å²) in [7, 11) is -3.17. The molecule has 1 aliphatic heterocycles. The van der Waals surface area contributed by atoms with Gasteiger partial charge in [0, 0.05) is 6.61 Å². The summed E-state index contributed by atoms with van der Waals surface area (Å²) in [5, 5.41) is 8.35. The molecule has 1 aromatic rings. The molecule has 1 heterocycles. The van der Waals surface area contributed by atoms with Crippen molar-refractivity contribution in [3.63, 3.8) is 0 Å². The maximum absolute atomic E-state index is 11.9. The molecule has 1 atom stereocenters. The van der Waals surface area contributed by atoms with Gasteiger partial charge in [-0.3, -0.25) is 0 Å². The Morgan fingerprint density at radius 3 is 2.71 bits per heavy atom. The zero-order valence-corrected chi connectivity index (χ0v) is 8.50. The highest BCUT2D eigenvalue weighted by Crippen LogP contribution is 2.32. The Balaban J connectivity index is 2.46. The minimum absolute atomic E-state index is 0.0715. The SMILES string of the molecule is O=S1(=O)c2ccccc2CC1CCO. The summed E-state index contributed by atoms with van der Waals surface area (Å²) in [6, 6.07) is 7.06. The molecular formula is C10H12O3S. The Labute approximate surface area is 83.3 Å². The van der Waals surface area contributed by atoms with Gasteiger partial charge in [0.25, 0.3) is 0 Å². The van der Waals surface area contributed by atoms with Gasteiger partial charge in [0.2, 0.25) is 0 Å². The predicted molar refractivity (Wildman–Crippen MR) is 52.8 cm³/mol. The molecule has 0 bridgehead atoms. The first-order valence-electron chi connectivity index (χ1n) is 4.59. The molecule has 1 aliphatic rings. The lowest BCUT2D eigenvalue weighted by atomic mass is 10.1. The van der Waals surface area contributed by atoms with Gasteiger partial charge in [0.15, 0.2) is 9.84 Å². The lowest BCUT2D eigenvalue weighted by Crippen LogP contribution is -2.18. The van der Waals surface area contributed by atoms with E-state index in [2.05, 4.69) is 0 Å². The van der Waals surface area contributed by atoms with E-state index in [0.717, 1.165) is 5.56 Å². The van der Waals surface area contributed by atoms with Crippen LogP contribution in [0, 0.1) is 0 Å². The van der Waals surface area contributed by atoms with Gasteiger partial charge in [-0.05, 0) is 24.5 Å². The van der Waals surface area contributed by atoms with Gasteiger partial charge in [-0.1, -0.05) is 18.2 Å². The molecule has 0 saturated heterocycles. The summed E-state index contributed by atoms with van der Waals surface area (Å²) >= 11 is 0. The van der Waals surface area contributed by atoms with E-state index in [-0.39, 0.29) is 6.61 Å². The second-order valence-corrected chi connectivity index (χ2v) is 5.69. The highest BCUT2D eigenvalue weighted by atomic mass is 32.2. The average Bonchev–Trinajstić information content (AvgIpc) is 2.41. The molecule has 1 N–H and O–H groups in total. The van der Waals surface area contributed by atoms with Crippen molar-refractivity contribution >= 4 is 9.84 Å². The van der Waals surface area contributed by atoms with Crippen molar-refractivity contribution in [1.29, 1.82) is 0 Å². The highest BCUT2D eigenvalue weighted by Gasteiger charge is 2.35. The summed E-state index contributed by atoms with van der Waals surface area (Å²) in [6.07, 6.45) is 0.871. The minimum Gasteiger partial charge on any atom is -0.396 e. The third kappa shape index (κ3) is 1.35. The molecule has 0 saturated carbocycles. The van der Waals surface area contributed by atoms with Crippen LogP contribution in [0.25, 0.3) is 0 Å². The predicted octanol–water partition coefficient (Wildman–Crippen LogP) is 0.767. The molecule has 1 aromatic carbocycles. The molecule has 0 aromatic heterocycles. The first-order valence-corrected chi connectivity index (χ1v) is 6.13. The molecule has 0 aliphatic carbocycles. The molecule has 1 unspecified atom stereocenters. The van der Waals surface area contributed by atoms with Gasteiger partial charge >= 0.3 is 0 Å². The number of rotatable bonds is 2. The zero-order valence-electron chi connectivity index (χ0n) is 7.68. The Bertz CT molecular complexity index is 436. The summed E-state index contributed by atoms with van der Waals surface area (Å²) < 4.78 is 23.7. The summed E-state index contributed by atoms with van der Waals surface area (Å²) in [5.41, 5.74) is 0.881. The highest BCUT2D eigenvalue weighted by molar-refractivity contribution is 7.92. The van der Waals surface area contributed by atoms with Crippen molar-refractivity contribution in [1.82, 2.24) is 0 Å². The smallest absolute Gasteiger partial charge is 0.181 e. The van der Waals surface area contributed by atoms with Gasteiger partial charge < -0.3 is 5.11 Å². The number of sulfone groups is 1. The molecule has 76 valence electrons. The van der Waals surface area contributed by atoms with Crippen molar-refractivity contribution in [2.45, 2.75) is 23.0 Å². The Hall–Kier alpha value is -0.870. The molecular weight excluding hydrogens is 200 g/mol. The fraction of sp³-hybridized carbons (Fsp3) is 0.400. The van der Waals surface area contributed by atoms with Crippen LogP contribution in [-0.2, 0) is 16.3 Å². The van der Waals surface area contributed by atoms with Crippen LogP contribution in [0.5, 0.6) is 0 Å². The number of hydrogen-bond acceptors (Lipinski definition) is 3. The largest absolute Gasteiger partial charge is 0.396 e. The van der Waals surface area contributed by atoms with Gasteiger partial charge in [0.1, 0.15) is 0 Å². The van der Waals surface area contributed by atoms with Gasteiger partial charge in [0.05, 0.1) is 10.1 Å². The third-order valence-electron chi connectivity index (χ3n) is 2.62. The van der Waals surface area contributed by atoms with Crippen LogP contribution in [0.2, 0.25) is 0 Å². The molecule has 3 nitrogen and oxygen atoms in total. The molecule has 2 rings (SSSR count). The van der Waals surface area contributed by atoms with E-state index in [1.165, 1.54) is 0 Å². The Morgan fingerprint density at radius 1 is 1.36 bits per heavy atom. The number of aliphatic hydroxyl groups excluding tert-OH is 1. The Morgan fingerprint density at radius 2 is 2.07 bits per heavy atom. The fourth-order valence-corrected chi connectivity index (χ4v) is 3.84. The first kappa shape index (κ1) is 9.68. The topological polar surface area (TPSA) is 54.4 Å². The third-order valence-corrected chi connectivity index (χ3v) is 4.91. The van der Waals surface area contributed by atoms with Crippen molar-refractivity contribution in [3.8, 4) is 0 Å². The number of fused-ring (bicyclic) bond motifs is 1. The zero-order chi connectivity index (χ0) is 10.2. The standard InChI is InChI=1S/C10H12O3S/c11-6-5-9-7-8-3-1-2-4-10(8)14(9,12)13/h1-4,9,11H,5-7H2. The average molecular weight is 212 g/mol. The van der Waals surface area contributed by atoms with Gasteiger partial charge in [-0.25, -0.2) is 8.42 Å². The van der Waals surface area contributed by atoms with E-state index in [4.69, 9.17) is 5.11 Å². The quantitative estimate of drug-likeness (QED) is 0.787. The van der Waals surface area contributed by atoms with E-state index in [9.17, 15) is 8.42 Å². The van der Waals surface area contributed by atoms with Crippen molar-refractivity contribution in [2.24, 2.45) is 0 Å². The lowest BCUT2D eigenvalue weighted by molar-refractivity contribution is 0.285. The van der Waals surface area contributed by atoms with Crippen LogP contribution in [0.3, 0.4) is 0 Å². The van der Waals surface area contributed by atoms with Crippen LogP contribution in [0.4, 0.5) is 0 Å². The molecule has 0 spiro atoms. The fourth-order valence-electron chi connectivity index (χ4n) is 1.89. The lowest BCUT2D eigenvalue weighted by Gasteiger charge is -2.05. The minimum atomic E-state index is -3.17. The van der Waals surface area contributed by atoms with E-state index >= 15 is 0 Å². The van der Waals surface area contributed by atoms with Gasteiger partial charge in [-0.15, -0.1) is 0 Å². The monoisotopic (exact) mass is 212 g/mol. The second kappa shape index (κ2) is 3.37. The number of aliphatic hydroxyl groups is 1. The number of hydrogen-bond donors (Lipinski definition) is 1. The van der Waals surface area contributed by atoms with Crippen LogP contribution in [0.1, 0.15) is 12.0 Å². The summed E-state index contributed by atoms with van der Waals surface area (Å²) in [4.78, 5) is 0.443. The van der Waals surface area contributed by atoms with Crippen LogP contribution < -0.4 is 0 Å². The summed E-state index contributed by atoms with van der Waals surface area (Å²) in [6.45, 7) is -0.0715. The van der Waals surface area contributed by atoms with Crippen LogP contribution in [0.15, 0.2) is 29.2 Å². The Kier molecular flexibility index (Phi) is 2.33. The maximum atomic E-state index is 11.9. The van der Waals surface area contributed by atoms with Crippen LogP contribution >= 0.6 is 0 Å². The number of benzene rings is 1. The molecule has 0 radical (unpaired) electrons. The molecule has 0 fully saturated rings. The molecule has 0 amide bonds. The van der Waals surface area contributed by atoms with E-state index in [1.807, 2.05) is 12.1 Å². The van der Waals surface area contributed by atoms with Gasteiger partial charge in [-0.2, -0.15) is 0 Å². The van der Waals surface area contributed by atoms with Crippen molar-refractivity contribution in [3.05, 3.63) is 29.8 Å². The summed E-state index contributed by atoms with van der Waals surface area (Å²) in [5.74, 6) is 0. The van der Waals surface area contributed by atoms with E-state index < -0.39 is 15.1 Å². The van der Waals surface area contributed by atoms with Crippen molar-refractivity contribution in [2.75, 3.05) is 6.61 Å². The first-order chi connectivity index (χ1) is 6.66. The van der Waals surface area contributed by atoms with E-state index in [1.54, 1.807) is 12.1 Å².